The van der Waals surface area contributed by atoms with Crippen LogP contribution in [0.4, 0.5) is 5.69 Å². The Balaban J connectivity index is 1.54. The number of carbonyl (C=O) groups is 2. The molecule has 0 aliphatic carbocycles. The number of benzene rings is 3. The minimum absolute atomic E-state index is 0.0279. The van der Waals surface area contributed by atoms with Crippen LogP contribution in [0.5, 0.6) is 5.75 Å². The molecule has 8 heteroatoms. The summed E-state index contributed by atoms with van der Waals surface area (Å²) < 4.78 is 11.6. The van der Waals surface area contributed by atoms with Gasteiger partial charge in [0.25, 0.3) is 0 Å². The van der Waals surface area contributed by atoms with Crippen molar-refractivity contribution in [2.24, 2.45) is 5.92 Å². The van der Waals surface area contributed by atoms with E-state index < -0.39 is 17.3 Å². The Labute approximate surface area is 204 Å². The normalized spacial score (nSPS) is 15.6. The van der Waals surface area contributed by atoms with E-state index in [9.17, 15) is 14.4 Å². The van der Waals surface area contributed by atoms with Gasteiger partial charge in [0.1, 0.15) is 5.58 Å². The zero-order chi connectivity index (χ0) is 23.8. The van der Waals surface area contributed by atoms with Gasteiger partial charge in [0.15, 0.2) is 5.76 Å². The van der Waals surface area contributed by atoms with Gasteiger partial charge in [-0.1, -0.05) is 53.5 Å². The van der Waals surface area contributed by atoms with Crippen molar-refractivity contribution in [2.75, 3.05) is 11.4 Å². The number of anilines is 1. The molecule has 1 atom stereocenters. The molecule has 0 N–H and O–H groups in total. The van der Waals surface area contributed by atoms with Gasteiger partial charge in [0, 0.05) is 29.2 Å². The first-order valence-corrected chi connectivity index (χ1v) is 11.3. The Morgan fingerprint density at radius 1 is 0.971 bits per heavy atom. The number of hydrogen-bond donors (Lipinski definition) is 0. The number of hydrogen-bond acceptors (Lipinski definition) is 5. The molecule has 4 aromatic rings. The van der Waals surface area contributed by atoms with Gasteiger partial charge in [-0.3, -0.25) is 14.4 Å². The van der Waals surface area contributed by atoms with Gasteiger partial charge in [-0.2, -0.15) is 0 Å². The van der Waals surface area contributed by atoms with E-state index in [1.807, 2.05) is 18.2 Å². The highest BCUT2D eigenvalue weighted by atomic mass is 35.5. The van der Waals surface area contributed by atoms with Crippen LogP contribution in [-0.2, 0) is 9.59 Å². The number of rotatable bonds is 4. The van der Waals surface area contributed by atoms with Gasteiger partial charge in [-0.05, 0) is 42.5 Å². The van der Waals surface area contributed by atoms with Gasteiger partial charge in [-0.25, -0.2) is 0 Å². The van der Waals surface area contributed by atoms with Gasteiger partial charge < -0.3 is 14.1 Å². The fourth-order valence-electron chi connectivity index (χ4n) is 3.97. The molecule has 1 saturated heterocycles. The van der Waals surface area contributed by atoms with Crippen LogP contribution in [0.2, 0.25) is 10.0 Å². The van der Waals surface area contributed by atoms with Crippen molar-refractivity contribution in [2.45, 2.75) is 6.42 Å². The zero-order valence-electron chi connectivity index (χ0n) is 17.7. The summed E-state index contributed by atoms with van der Waals surface area (Å²) in [6.07, 6.45) is -0.0279. The van der Waals surface area contributed by atoms with Gasteiger partial charge in [0.05, 0.1) is 16.3 Å². The number of ether oxygens (including phenoxy) is 1. The predicted octanol–water partition coefficient (Wildman–Crippen LogP) is 5.73. The van der Waals surface area contributed by atoms with Gasteiger partial charge in [-0.15, -0.1) is 0 Å². The molecule has 0 spiro atoms. The summed E-state index contributed by atoms with van der Waals surface area (Å²) in [5.74, 6) is -1.91. The molecule has 0 saturated carbocycles. The molecular formula is C26H17Cl2NO5. The average Bonchev–Trinajstić information content (AvgIpc) is 3.24. The first-order chi connectivity index (χ1) is 16.4. The van der Waals surface area contributed by atoms with Gasteiger partial charge in [0.2, 0.25) is 17.1 Å². The van der Waals surface area contributed by atoms with E-state index in [1.165, 1.54) is 11.0 Å². The second-order valence-corrected chi connectivity index (χ2v) is 8.72. The molecule has 1 amide bonds. The predicted molar refractivity (Wildman–Crippen MR) is 130 cm³/mol. The third-order valence-electron chi connectivity index (χ3n) is 5.66. The number of esters is 1. The second-order valence-electron chi connectivity index (χ2n) is 7.87. The minimum Gasteiger partial charge on any atom is -0.452 e. The van der Waals surface area contributed by atoms with Crippen molar-refractivity contribution in [1.29, 1.82) is 0 Å². The summed E-state index contributed by atoms with van der Waals surface area (Å²) in [4.78, 5) is 40.6. The van der Waals surface area contributed by atoms with E-state index in [0.717, 1.165) is 0 Å². The lowest BCUT2D eigenvalue weighted by molar-refractivity contribution is -0.139. The van der Waals surface area contributed by atoms with Crippen molar-refractivity contribution < 1.29 is 18.7 Å². The van der Waals surface area contributed by atoms with E-state index in [1.54, 1.807) is 48.5 Å². The summed E-state index contributed by atoms with van der Waals surface area (Å²) in [5, 5.41) is 0.824. The first-order valence-electron chi connectivity index (χ1n) is 10.5. The van der Waals surface area contributed by atoms with E-state index in [0.29, 0.717) is 21.3 Å². The Morgan fingerprint density at radius 3 is 2.47 bits per heavy atom. The Morgan fingerprint density at radius 2 is 1.71 bits per heavy atom. The Kier molecular flexibility index (Phi) is 5.86. The fraction of sp³-hybridized carbons (Fsp3) is 0.115. The zero-order valence-corrected chi connectivity index (χ0v) is 19.2. The van der Waals surface area contributed by atoms with Crippen LogP contribution >= 0.6 is 23.2 Å². The van der Waals surface area contributed by atoms with Crippen LogP contribution in [0, 0.1) is 5.92 Å². The van der Waals surface area contributed by atoms with Crippen molar-refractivity contribution >= 4 is 51.7 Å². The molecule has 3 aromatic carbocycles. The van der Waals surface area contributed by atoms with Gasteiger partial charge >= 0.3 is 5.97 Å². The minimum atomic E-state index is -0.749. The quantitative estimate of drug-likeness (QED) is 0.339. The van der Waals surface area contributed by atoms with Crippen molar-refractivity contribution in [3.8, 4) is 17.1 Å². The maximum absolute atomic E-state index is 13.4. The van der Waals surface area contributed by atoms with Crippen LogP contribution in [0.15, 0.2) is 82.0 Å². The summed E-state index contributed by atoms with van der Waals surface area (Å²) in [5.41, 5.74) is 0.806. The molecule has 6 nitrogen and oxygen atoms in total. The van der Waals surface area contributed by atoms with Crippen molar-refractivity contribution in [3.63, 3.8) is 0 Å². The molecule has 1 aromatic heterocycles. The highest BCUT2D eigenvalue weighted by Gasteiger charge is 2.37. The molecule has 1 aliphatic rings. The van der Waals surface area contributed by atoms with Crippen LogP contribution < -0.4 is 15.1 Å². The summed E-state index contributed by atoms with van der Waals surface area (Å²) in [7, 11) is 0. The number of carbonyl (C=O) groups excluding carboxylic acids is 2. The average molecular weight is 494 g/mol. The monoisotopic (exact) mass is 493 g/mol. The van der Waals surface area contributed by atoms with E-state index >= 15 is 0 Å². The number of para-hydroxylation sites is 1. The standard InChI is InChI=1S/C26H17Cl2NO5/c27-16-10-11-21-19(13-16)23(31)25(24(33-21)18-8-4-5-9-20(18)28)34-26(32)15-12-22(30)29(14-15)17-6-2-1-3-7-17/h1-11,13,15H,12,14H2. The van der Waals surface area contributed by atoms with E-state index in [4.69, 9.17) is 32.4 Å². The largest absolute Gasteiger partial charge is 0.452 e. The van der Waals surface area contributed by atoms with Crippen LogP contribution in [0.3, 0.4) is 0 Å². The van der Waals surface area contributed by atoms with Crippen molar-refractivity contribution in [3.05, 3.63) is 93.1 Å². The van der Waals surface area contributed by atoms with Crippen LogP contribution in [0.25, 0.3) is 22.3 Å². The molecule has 5 rings (SSSR count). The smallest absolute Gasteiger partial charge is 0.316 e. The van der Waals surface area contributed by atoms with E-state index in [-0.39, 0.29) is 41.4 Å². The molecule has 170 valence electrons. The third kappa shape index (κ3) is 4.06. The Bertz CT molecular complexity index is 1480. The molecule has 1 aliphatic heterocycles. The molecule has 0 radical (unpaired) electrons. The van der Waals surface area contributed by atoms with Crippen LogP contribution in [0.1, 0.15) is 6.42 Å². The molecule has 2 heterocycles. The topological polar surface area (TPSA) is 76.8 Å². The molecule has 1 fully saturated rings. The molecular weight excluding hydrogens is 477 g/mol. The summed E-state index contributed by atoms with van der Waals surface area (Å²) >= 11 is 12.4. The third-order valence-corrected chi connectivity index (χ3v) is 6.22. The van der Waals surface area contributed by atoms with Crippen molar-refractivity contribution in [1.82, 2.24) is 0 Å². The first kappa shape index (κ1) is 22.2. The second kappa shape index (κ2) is 8.97. The number of amides is 1. The number of halogens is 2. The summed E-state index contributed by atoms with van der Waals surface area (Å²) in [6.45, 7) is 0.147. The lowest BCUT2D eigenvalue weighted by Crippen LogP contribution is -2.28. The molecule has 34 heavy (non-hydrogen) atoms. The molecule has 0 bridgehead atoms. The van der Waals surface area contributed by atoms with E-state index in [2.05, 4.69) is 0 Å². The lowest BCUT2D eigenvalue weighted by atomic mass is 10.1. The maximum atomic E-state index is 13.4. The SMILES string of the molecule is O=C(Oc1c(-c2ccccc2Cl)oc2ccc(Cl)cc2c1=O)C1CC(=O)N(c2ccccc2)C1. The molecule has 1 unspecified atom stereocenters. The summed E-state index contributed by atoms with van der Waals surface area (Å²) in [6, 6.07) is 20.4. The highest BCUT2D eigenvalue weighted by Crippen LogP contribution is 2.36. The number of nitrogens with zero attached hydrogens (tertiary/aromatic N) is 1. The number of fused-ring (bicyclic) bond motifs is 1. The Hall–Kier alpha value is -3.61. The highest BCUT2D eigenvalue weighted by molar-refractivity contribution is 6.33. The van der Waals surface area contributed by atoms with Crippen LogP contribution in [-0.4, -0.2) is 18.4 Å². The lowest BCUT2D eigenvalue weighted by Gasteiger charge is -2.16. The maximum Gasteiger partial charge on any atom is 0.316 e. The fourth-order valence-corrected chi connectivity index (χ4v) is 4.37.